The molecule has 1 saturated carbocycles. The van der Waals surface area contributed by atoms with Gasteiger partial charge in [0, 0.05) is 13.0 Å². The van der Waals surface area contributed by atoms with Crippen molar-refractivity contribution in [2.75, 3.05) is 19.0 Å². The molecule has 1 aromatic carbocycles. The SMILES string of the molecule is CC[C@@H](NS(=O)(=O)CCCOC(C)=O)c1ccc(F)c(OCC2CC2)c1. The second-order valence-corrected chi connectivity index (χ2v) is 8.41. The van der Waals surface area contributed by atoms with Crippen LogP contribution in [0.2, 0.25) is 0 Å². The van der Waals surface area contributed by atoms with E-state index in [1.54, 1.807) is 12.1 Å². The quantitative estimate of drug-likeness (QED) is 0.466. The Balaban J connectivity index is 1.97. The molecule has 0 amide bonds. The van der Waals surface area contributed by atoms with E-state index in [4.69, 9.17) is 9.47 Å². The number of carbonyl (C=O) groups excluding carboxylic acids is 1. The molecular formula is C18H26FNO5S. The summed E-state index contributed by atoms with van der Waals surface area (Å²) in [7, 11) is -3.55. The molecule has 1 aliphatic carbocycles. The molecule has 0 aliphatic heterocycles. The van der Waals surface area contributed by atoms with Crippen LogP contribution in [0.25, 0.3) is 0 Å². The van der Waals surface area contributed by atoms with Crippen LogP contribution in [0.4, 0.5) is 4.39 Å². The average molecular weight is 387 g/mol. The topological polar surface area (TPSA) is 81.7 Å². The van der Waals surface area contributed by atoms with Crippen molar-refractivity contribution in [1.29, 1.82) is 0 Å². The molecular weight excluding hydrogens is 361 g/mol. The van der Waals surface area contributed by atoms with Gasteiger partial charge < -0.3 is 9.47 Å². The number of ether oxygens (including phenoxy) is 2. The molecule has 0 bridgehead atoms. The molecule has 2 rings (SSSR count). The standard InChI is InChI=1S/C18H26FNO5S/c1-3-17(20-26(22,23)10-4-9-24-13(2)21)15-7-8-16(19)18(11-15)25-12-14-5-6-14/h7-8,11,14,17,20H,3-6,9-10,12H2,1-2H3/t17-/m1/s1. The van der Waals surface area contributed by atoms with Crippen LogP contribution in [0.3, 0.4) is 0 Å². The number of hydrogen-bond acceptors (Lipinski definition) is 5. The van der Waals surface area contributed by atoms with E-state index in [1.165, 1.54) is 13.0 Å². The highest BCUT2D eigenvalue weighted by Gasteiger charge is 2.23. The Labute approximate surface area is 154 Å². The van der Waals surface area contributed by atoms with Crippen molar-refractivity contribution in [3.8, 4) is 5.75 Å². The van der Waals surface area contributed by atoms with Crippen LogP contribution < -0.4 is 9.46 Å². The largest absolute Gasteiger partial charge is 0.490 e. The zero-order chi connectivity index (χ0) is 19.2. The minimum atomic E-state index is -3.55. The van der Waals surface area contributed by atoms with Crippen LogP contribution >= 0.6 is 0 Å². The Morgan fingerprint density at radius 2 is 2.12 bits per heavy atom. The molecule has 0 spiro atoms. The van der Waals surface area contributed by atoms with Crippen molar-refractivity contribution in [1.82, 2.24) is 4.72 Å². The molecule has 1 aliphatic rings. The summed E-state index contributed by atoms with van der Waals surface area (Å²) in [5.74, 6) is -0.388. The number of rotatable bonds is 11. The van der Waals surface area contributed by atoms with Crippen molar-refractivity contribution in [3.05, 3.63) is 29.6 Å². The first-order chi connectivity index (χ1) is 12.3. The van der Waals surface area contributed by atoms with Gasteiger partial charge in [-0.3, -0.25) is 4.79 Å². The third-order valence-corrected chi connectivity index (χ3v) is 5.59. The fourth-order valence-corrected chi connectivity index (χ4v) is 3.82. The van der Waals surface area contributed by atoms with Crippen molar-refractivity contribution in [2.45, 2.75) is 45.6 Å². The molecule has 6 nitrogen and oxygen atoms in total. The smallest absolute Gasteiger partial charge is 0.302 e. The summed E-state index contributed by atoms with van der Waals surface area (Å²) in [6, 6.07) is 3.95. The summed E-state index contributed by atoms with van der Waals surface area (Å²) in [5.41, 5.74) is 0.656. The molecule has 1 atom stereocenters. The van der Waals surface area contributed by atoms with Gasteiger partial charge in [-0.25, -0.2) is 17.5 Å². The number of sulfonamides is 1. The van der Waals surface area contributed by atoms with E-state index in [-0.39, 0.29) is 24.5 Å². The first kappa shape index (κ1) is 20.6. The lowest BCUT2D eigenvalue weighted by molar-refractivity contribution is -0.140. The van der Waals surface area contributed by atoms with Crippen molar-refractivity contribution >= 4 is 16.0 Å². The normalized spacial score (nSPS) is 15.5. The maximum absolute atomic E-state index is 13.9. The van der Waals surface area contributed by atoms with Crippen molar-refractivity contribution < 1.29 is 27.1 Å². The second-order valence-electron chi connectivity index (χ2n) is 6.54. The summed E-state index contributed by atoms with van der Waals surface area (Å²) >= 11 is 0. The second kappa shape index (κ2) is 9.32. The van der Waals surface area contributed by atoms with Gasteiger partial charge in [0.1, 0.15) is 0 Å². The van der Waals surface area contributed by atoms with Gasteiger partial charge >= 0.3 is 5.97 Å². The number of nitrogens with one attached hydrogen (secondary N) is 1. The van der Waals surface area contributed by atoms with Gasteiger partial charge in [0.15, 0.2) is 11.6 Å². The van der Waals surface area contributed by atoms with Crippen LogP contribution in [-0.4, -0.2) is 33.4 Å². The van der Waals surface area contributed by atoms with Gasteiger partial charge in [-0.2, -0.15) is 0 Å². The van der Waals surface area contributed by atoms with Gasteiger partial charge in [-0.1, -0.05) is 13.0 Å². The predicted octanol–water partition coefficient (Wildman–Crippen LogP) is 2.94. The van der Waals surface area contributed by atoms with E-state index in [9.17, 15) is 17.6 Å². The van der Waals surface area contributed by atoms with Gasteiger partial charge in [-0.05, 0) is 49.3 Å². The third-order valence-electron chi connectivity index (χ3n) is 4.12. The minimum absolute atomic E-state index is 0.0583. The zero-order valence-corrected chi connectivity index (χ0v) is 16.0. The molecule has 1 fully saturated rings. The highest BCUT2D eigenvalue weighted by atomic mass is 32.2. The Bertz CT molecular complexity index is 718. The fraction of sp³-hybridized carbons (Fsp3) is 0.611. The minimum Gasteiger partial charge on any atom is -0.490 e. The highest BCUT2D eigenvalue weighted by Crippen LogP contribution is 2.31. The summed E-state index contributed by atoms with van der Waals surface area (Å²) in [5, 5.41) is 0. The molecule has 1 N–H and O–H groups in total. The van der Waals surface area contributed by atoms with Crippen LogP contribution in [0.15, 0.2) is 18.2 Å². The Morgan fingerprint density at radius 3 is 2.73 bits per heavy atom. The van der Waals surface area contributed by atoms with Gasteiger partial charge in [-0.15, -0.1) is 0 Å². The lowest BCUT2D eigenvalue weighted by atomic mass is 10.1. The molecule has 0 heterocycles. The number of benzene rings is 1. The van der Waals surface area contributed by atoms with Crippen LogP contribution in [0, 0.1) is 11.7 Å². The molecule has 26 heavy (non-hydrogen) atoms. The molecule has 146 valence electrons. The third kappa shape index (κ3) is 6.92. The first-order valence-electron chi connectivity index (χ1n) is 8.86. The Kier molecular flexibility index (Phi) is 7.40. The van der Waals surface area contributed by atoms with E-state index < -0.39 is 27.9 Å². The van der Waals surface area contributed by atoms with E-state index in [2.05, 4.69) is 4.72 Å². The molecule has 8 heteroatoms. The van der Waals surface area contributed by atoms with Crippen LogP contribution in [0.1, 0.15) is 51.1 Å². The summed E-state index contributed by atoms with van der Waals surface area (Å²) < 4.78 is 51.3. The molecule has 0 unspecified atom stereocenters. The Hall–Kier alpha value is -1.67. The number of hydrogen-bond donors (Lipinski definition) is 1. The van der Waals surface area contributed by atoms with E-state index in [0.717, 1.165) is 12.8 Å². The van der Waals surface area contributed by atoms with Gasteiger partial charge in [0.05, 0.1) is 19.0 Å². The molecule has 0 aromatic heterocycles. The monoisotopic (exact) mass is 387 g/mol. The lowest BCUT2D eigenvalue weighted by Gasteiger charge is -2.19. The van der Waals surface area contributed by atoms with E-state index in [1.807, 2.05) is 6.92 Å². The zero-order valence-electron chi connectivity index (χ0n) is 15.2. The average Bonchev–Trinajstić information content (AvgIpc) is 3.40. The van der Waals surface area contributed by atoms with Gasteiger partial charge in [0.2, 0.25) is 10.0 Å². The predicted molar refractivity (Wildman–Crippen MR) is 95.8 cm³/mol. The van der Waals surface area contributed by atoms with Crippen molar-refractivity contribution in [3.63, 3.8) is 0 Å². The maximum Gasteiger partial charge on any atom is 0.302 e. The van der Waals surface area contributed by atoms with Gasteiger partial charge in [0.25, 0.3) is 0 Å². The lowest BCUT2D eigenvalue weighted by Crippen LogP contribution is -2.31. The maximum atomic E-state index is 13.9. The summed E-state index contributed by atoms with van der Waals surface area (Å²) in [6.07, 6.45) is 2.93. The molecule has 0 saturated heterocycles. The van der Waals surface area contributed by atoms with E-state index in [0.29, 0.717) is 24.5 Å². The Morgan fingerprint density at radius 1 is 1.38 bits per heavy atom. The van der Waals surface area contributed by atoms with Crippen LogP contribution in [-0.2, 0) is 19.6 Å². The number of carbonyl (C=O) groups is 1. The first-order valence-corrected chi connectivity index (χ1v) is 10.5. The van der Waals surface area contributed by atoms with E-state index >= 15 is 0 Å². The van der Waals surface area contributed by atoms with Crippen LogP contribution in [0.5, 0.6) is 5.75 Å². The number of esters is 1. The molecule has 0 radical (unpaired) electrons. The summed E-state index contributed by atoms with van der Waals surface area (Å²) in [4.78, 5) is 10.7. The van der Waals surface area contributed by atoms with Crippen molar-refractivity contribution in [2.24, 2.45) is 5.92 Å². The number of halogens is 1. The fourth-order valence-electron chi connectivity index (χ4n) is 2.47. The highest BCUT2D eigenvalue weighted by molar-refractivity contribution is 7.89. The summed E-state index contributed by atoms with van der Waals surface area (Å²) in [6.45, 7) is 3.67. The molecule has 1 aromatic rings.